The van der Waals surface area contributed by atoms with E-state index >= 15 is 0 Å². The van der Waals surface area contributed by atoms with Crippen LogP contribution in [0.25, 0.3) is 0 Å². The van der Waals surface area contributed by atoms with Crippen molar-refractivity contribution in [1.82, 2.24) is 0 Å². The predicted octanol–water partition coefficient (Wildman–Crippen LogP) is -5.83. The van der Waals surface area contributed by atoms with Gasteiger partial charge in [0, 0.05) is 18.6 Å². The van der Waals surface area contributed by atoms with Gasteiger partial charge in [-0.15, -0.1) is 0 Å². The maximum atomic E-state index is 8.55. The summed E-state index contributed by atoms with van der Waals surface area (Å²) in [7, 11) is -5.39. The SMILES string of the molecule is O=P([O-])([O-])[O-].[Mn+2].[Na+].[Ru+3].[V]. The average Bonchev–Trinajstić information content (AvgIpc) is 0.722. The molecular formula is MnNaO4PRuV+3. The smallest absolute Gasteiger partial charge is 0.822 e. The molecule has 9 heteroatoms. The van der Waals surface area contributed by atoms with Gasteiger partial charge in [-0.2, -0.15) is 7.82 Å². The van der Waals surface area contributed by atoms with Crippen molar-refractivity contribution in [2.75, 3.05) is 0 Å². The van der Waals surface area contributed by atoms with Crippen LogP contribution in [0.1, 0.15) is 0 Å². The minimum absolute atomic E-state index is 0. The van der Waals surface area contributed by atoms with Crippen LogP contribution in [-0.2, 0) is 59.7 Å². The summed E-state index contributed by atoms with van der Waals surface area (Å²) >= 11 is 0. The molecule has 4 nitrogen and oxygen atoms in total. The monoisotopic (exact) mass is 326 g/mol. The van der Waals surface area contributed by atoms with E-state index in [1.165, 1.54) is 0 Å². The molecule has 0 aliphatic carbocycles. The van der Waals surface area contributed by atoms with Crippen LogP contribution >= 0.6 is 7.82 Å². The molecule has 0 aliphatic heterocycles. The molecule has 0 aliphatic rings. The molecule has 0 atom stereocenters. The zero-order valence-electron chi connectivity index (χ0n) is 4.26. The third kappa shape index (κ3) is 105. The molecule has 47 valence electrons. The quantitative estimate of drug-likeness (QED) is 0.328. The molecule has 0 spiro atoms. The fourth-order valence-electron chi connectivity index (χ4n) is 0. The Morgan fingerprint density at radius 1 is 1.11 bits per heavy atom. The molecule has 0 rings (SSSR count). The summed E-state index contributed by atoms with van der Waals surface area (Å²) in [4.78, 5) is 25.6. The van der Waals surface area contributed by atoms with Gasteiger partial charge in [0.2, 0.25) is 0 Å². The van der Waals surface area contributed by atoms with E-state index in [2.05, 4.69) is 0 Å². The first-order chi connectivity index (χ1) is 2.00. The Balaban J connectivity index is -0.0000000133. The molecule has 0 saturated heterocycles. The van der Waals surface area contributed by atoms with E-state index in [0.29, 0.717) is 0 Å². The molecule has 3 radical (unpaired) electrons. The Hall–Kier alpha value is 2.84. The van der Waals surface area contributed by atoms with Gasteiger partial charge in [0.15, 0.2) is 0 Å². The van der Waals surface area contributed by atoms with Crippen LogP contribution in [-0.4, -0.2) is 0 Å². The van der Waals surface area contributed by atoms with Crippen LogP contribution < -0.4 is 44.2 Å². The maximum Gasteiger partial charge on any atom is 3.00 e. The van der Waals surface area contributed by atoms with E-state index in [1.54, 1.807) is 0 Å². The number of hydrogen-bond acceptors (Lipinski definition) is 4. The van der Waals surface area contributed by atoms with Gasteiger partial charge in [-0.25, -0.2) is 0 Å². The Morgan fingerprint density at radius 3 is 1.11 bits per heavy atom. The van der Waals surface area contributed by atoms with Crippen molar-refractivity contribution in [3.8, 4) is 0 Å². The zero-order chi connectivity index (χ0) is 4.50. The van der Waals surface area contributed by atoms with Crippen LogP contribution in [0.4, 0.5) is 0 Å². The molecular weight excluding hydrogens is 325 g/mol. The van der Waals surface area contributed by atoms with E-state index in [4.69, 9.17) is 19.2 Å². The first kappa shape index (κ1) is 29.7. The molecule has 0 aromatic rings. The third-order valence-corrected chi connectivity index (χ3v) is 0. The molecule has 0 unspecified atom stereocenters. The average molecular weight is 325 g/mol. The van der Waals surface area contributed by atoms with Crippen molar-refractivity contribution in [3.05, 3.63) is 0 Å². The molecule has 0 N–H and O–H groups in total. The second-order valence-electron chi connectivity index (χ2n) is 0.447. The Bertz CT molecular complexity index is 66.7. The van der Waals surface area contributed by atoms with Gasteiger partial charge >= 0.3 is 66.1 Å². The summed E-state index contributed by atoms with van der Waals surface area (Å²) in [6, 6.07) is 0. The fraction of sp³-hybridized carbons (Fsp3) is 0. The van der Waals surface area contributed by atoms with Crippen LogP contribution in [0.2, 0.25) is 0 Å². The van der Waals surface area contributed by atoms with Crippen LogP contribution in [0.3, 0.4) is 0 Å². The van der Waals surface area contributed by atoms with Crippen molar-refractivity contribution in [2.45, 2.75) is 0 Å². The molecule has 0 fully saturated rings. The largest absolute Gasteiger partial charge is 3.00 e. The van der Waals surface area contributed by atoms with Crippen molar-refractivity contribution in [1.29, 1.82) is 0 Å². The summed E-state index contributed by atoms with van der Waals surface area (Å²) < 4.78 is 8.55. The summed E-state index contributed by atoms with van der Waals surface area (Å²) in [6.45, 7) is 0. The summed E-state index contributed by atoms with van der Waals surface area (Å²) in [5.41, 5.74) is 0. The van der Waals surface area contributed by atoms with E-state index in [1.807, 2.05) is 0 Å². The van der Waals surface area contributed by atoms with Crippen LogP contribution in [0, 0.1) is 0 Å². The molecule has 0 saturated carbocycles. The van der Waals surface area contributed by atoms with Crippen LogP contribution in [0.5, 0.6) is 0 Å². The van der Waals surface area contributed by atoms with Gasteiger partial charge in [-0.3, -0.25) is 0 Å². The third-order valence-electron chi connectivity index (χ3n) is 0. The maximum absolute atomic E-state index is 8.55. The zero-order valence-corrected chi connectivity index (χ0v) is 11.5. The summed E-state index contributed by atoms with van der Waals surface area (Å²) in [5.74, 6) is 0. The Morgan fingerprint density at radius 2 is 1.11 bits per heavy atom. The molecule has 0 amide bonds. The predicted molar refractivity (Wildman–Crippen MR) is 7.61 cm³/mol. The van der Waals surface area contributed by atoms with Gasteiger partial charge in [-0.05, 0) is 0 Å². The van der Waals surface area contributed by atoms with Crippen molar-refractivity contribution >= 4 is 7.82 Å². The molecule has 0 aromatic carbocycles. The minimum atomic E-state index is -5.39. The molecule has 9 heavy (non-hydrogen) atoms. The van der Waals surface area contributed by atoms with Crippen molar-refractivity contribution < 1.29 is 104 Å². The van der Waals surface area contributed by atoms with Gasteiger partial charge < -0.3 is 19.2 Å². The fourth-order valence-corrected chi connectivity index (χ4v) is 0. The standard InChI is InChI=1S/Mn.Na.H3O4P.Ru.V/c;;1-5(2,3)4;;/h;;(H3,1,2,3,4);;/q+2;+1;;+3;/p-3. The molecule has 0 aromatic heterocycles. The normalized spacial score (nSPS) is 6.56. The van der Waals surface area contributed by atoms with E-state index in [0.717, 1.165) is 0 Å². The van der Waals surface area contributed by atoms with E-state index < -0.39 is 7.82 Å². The number of phosphoric acid groups is 1. The van der Waals surface area contributed by atoms with Gasteiger partial charge in [-0.1, -0.05) is 0 Å². The van der Waals surface area contributed by atoms with E-state index in [9.17, 15) is 0 Å². The summed E-state index contributed by atoms with van der Waals surface area (Å²) in [6.07, 6.45) is 0. The number of rotatable bonds is 0. The first-order valence-electron chi connectivity index (χ1n) is 0.730. The van der Waals surface area contributed by atoms with Gasteiger partial charge in [0.05, 0.1) is 0 Å². The van der Waals surface area contributed by atoms with Crippen LogP contribution in [0.15, 0.2) is 0 Å². The second kappa shape index (κ2) is 13.4. The van der Waals surface area contributed by atoms with Crippen molar-refractivity contribution in [2.24, 2.45) is 0 Å². The molecule has 0 heterocycles. The Labute approximate surface area is 110 Å². The van der Waals surface area contributed by atoms with E-state index in [-0.39, 0.29) is 84.7 Å². The molecule has 0 bridgehead atoms. The van der Waals surface area contributed by atoms with Gasteiger partial charge in [0.25, 0.3) is 0 Å². The second-order valence-corrected chi connectivity index (χ2v) is 1.34. The topological polar surface area (TPSA) is 86.2 Å². The van der Waals surface area contributed by atoms with Crippen molar-refractivity contribution in [3.63, 3.8) is 0 Å². The minimum Gasteiger partial charge on any atom is -0.822 e. The van der Waals surface area contributed by atoms with Gasteiger partial charge in [0.1, 0.15) is 0 Å². The summed E-state index contributed by atoms with van der Waals surface area (Å²) in [5, 5.41) is 0. The number of hydrogen-bond donors (Lipinski definition) is 0. The first-order valence-corrected chi connectivity index (χ1v) is 2.19. The Kier molecular flexibility index (Phi) is 44.4.